The number of hydrogen-bond donors (Lipinski definition) is 2. The number of carboxylic acid groups (broad SMARTS) is 1. The lowest BCUT2D eigenvalue weighted by Crippen LogP contribution is -2.56. The Morgan fingerprint density at radius 3 is 2.40 bits per heavy atom. The van der Waals surface area contributed by atoms with E-state index < -0.39 is 27.4 Å². The summed E-state index contributed by atoms with van der Waals surface area (Å²) in [6, 6.07) is 2.42. The molecule has 140 valence electrons. The summed E-state index contributed by atoms with van der Waals surface area (Å²) in [5, 5.41) is 11.8. The maximum Gasteiger partial charge on any atom is 0.329 e. The highest BCUT2D eigenvalue weighted by atomic mass is 32.2. The normalized spacial score (nSPS) is 24.2. The lowest BCUT2D eigenvalue weighted by molar-refractivity contribution is -0.146. The minimum absolute atomic E-state index is 0.223. The standard InChI is InChI=1S/C16H24N2O6S/c1-4-11-7-9-16(10-8-11,15(20)21)17-14(19)12-5-6-13(24-12)25(22,23)18(2)3/h5-6,11H,4,7-10H2,1-3H3,(H,17,19)(H,20,21). The first kappa shape index (κ1) is 19.5. The smallest absolute Gasteiger partial charge is 0.329 e. The van der Waals surface area contributed by atoms with Gasteiger partial charge in [-0.2, -0.15) is 0 Å². The molecular formula is C16H24N2O6S. The van der Waals surface area contributed by atoms with Crippen LogP contribution in [0.3, 0.4) is 0 Å². The molecule has 0 unspecified atom stereocenters. The molecule has 0 aliphatic heterocycles. The molecule has 0 bridgehead atoms. The zero-order valence-corrected chi connectivity index (χ0v) is 15.4. The molecule has 1 aliphatic rings. The van der Waals surface area contributed by atoms with Crippen LogP contribution in [0.15, 0.2) is 21.6 Å². The minimum Gasteiger partial charge on any atom is -0.480 e. The number of furan rings is 1. The number of rotatable bonds is 6. The topological polar surface area (TPSA) is 117 Å². The molecular weight excluding hydrogens is 348 g/mol. The second-order valence-corrected chi connectivity index (χ2v) is 8.68. The van der Waals surface area contributed by atoms with E-state index in [0.29, 0.717) is 18.8 Å². The first-order valence-corrected chi connectivity index (χ1v) is 9.64. The Kier molecular flexibility index (Phi) is 5.58. The van der Waals surface area contributed by atoms with E-state index in [9.17, 15) is 23.1 Å². The third-order valence-corrected chi connectivity index (χ3v) is 6.53. The predicted octanol–water partition coefficient (Wildman–Crippen LogP) is 1.68. The highest BCUT2D eigenvalue weighted by molar-refractivity contribution is 7.88. The zero-order valence-electron chi connectivity index (χ0n) is 14.6. The van der Waals surface area contributed by atoms with Crippen LogP contribution in [0.25, 0.3) is 0 Å². The average molecular weight is 372 g/mol. The lowest BCUT2D eigenvalue weighted by atomic mass is 9.75. The fraction of sp³-hybridized carbons (Fsp3) is 0.625. The highest BCUT2D eigenvalue weighted by Gasteiger charge is 2.43. The van der Waals surface area contributed by atoms with Gasteiger partial charge < -0.3 is 14.8 Å². The van der Waals surface area contributed by atoms with Gasteiger partial charge in [-0.3, -0.25) is 4.79 Å². The number of nitrogens with one attached hydrogen (secondary N) is 1. The van der Waals surface area contributed by atoms with Crippen LogP contribution in [0, 0.1) is 5.92 Å². The summed E-state index contributed by atoms with van der Waals surface area (Å²) >= 11 is 0. The molecule has 0 spiro atoms. The largest absolute Gasteiger partial charge is 0.480 e. The number of nitrogens with zero attached hydrogens (tertiary/aromatic N) is 1. The van der Waals surface area contributed by atoms with Gasteiger partial charge in [0.25, 0.3) is 15.9 Å². The van der Waals surface area contributed by atoms with Gasteiger partial charge in [0.1, 0.15) is 5.54 Å². The lowest BCUT2D eigenvalue weighted by Gasteiger charge is -2.36. The Labute approximate surface area is 147 Å². The van der Waals surface area contributed by atoms with Crippen LogP contribution in [-0.4, -0.2) is 49.3 Å². The van der Waals surface area contributed by atoms with Crippen LogP contribution >= 0.6 is 0 Å². The van der Waals surface area contributed by atoms with E-state index in [2.05, 4.69) is 12.2 Å². The van der Waals surface area contributed by atoms with Crippen molar-refractivity contribution >= 4 is 21.9 Å². The minimum atomic E-state index is -3.79. The Bertz CT molecular complexity index is 744. The van der Waals surface area contributed by atoms with Gasteiger partial charge in [0, 0.05) is 14.1 Å². The third kappa shape index (κ3) is 3.87. The average Bonchev–Trinajstić information content (AvgIpc) is 3.06. The van der Waals surface area contributed by atoms with Crippen molar-refractivity contribution in [1.29, 1.82) is 0 Å². The summed E-state index contributed by atoms with van der Waals surface area (Å²) in [7, 11) is -1.09. The van der Waals surface area contributed by atoms with Crippen molar-refractivity contribution in [3.05, 3.63) is 17.9 Å². The number of hydrogen-bond acceptors (Lipinski definition) is 5. The van der Waals surface area contributed by atoms with Gasteiger partial charge in [-0.25, -0.2) is 17.5 Å². The predicted molar refractivity (Wildman–Crippen MR) is 89.7 cm³/mol. The monoisotopic (exact) mass is 372 g/mol. The second kappa shape index (κ2) is 7.17. The molecule has 1 fully saturated rings. The summed E-state index contributed by atoms with van der Waals surface area (Å²) in [4.78, 5) is 24.2. The zero-order chi connectivity index (χ0) is 18.8. The Hall–Kier alpha value is -1.87. The molecule has 9 heteroatoms. The van der Waals surface area contributed by atoms with Crippen molar-refractivity contribution in [2.24, 2.45) is 5.92 Å². The molecule has 0 saturated heterocycles. The second-order valence-electron chi connectivity index (χ2n) is 6.60. The SMILES string of the molecule is CCC1CCC(NC(=O)c2ccc(S(=O)(=O)N(C)C)o2)(C(=O)O)CC1. The van der Waals surface area contributed by atoms with Gasteiger partial charge in [-0.15, -0.1) is 0 Å². The van der Waals surface area contributed by atoms with Gasteiger partial charge in [0.2, 0.25) is 5.09 Å². The van der Waals surface area contributed by atoms with Crippen molar-refractivity contribution in [1.82, 2.24) is 9.62 Å². The van der Waals surface area contributed by atoms with E-state index in [1.165, 1.54) is 26.2 Å². The Balaban J connectivity index is 2.18. The van der Waals surface area contributed by atoms with Crippen LogP contribution in [0.4, 0.5) is 0 Å². The van der Waals surface area contributed by atoms with Crippen LogP contribution < -0.4 is 5.32 Å². The molecule has 1 amide bonds. The third-order valence-electron chi connectivity index (χ3n) is 4.84. The maximum absolute atomic E-state index is 12.4. The summed E-state index contributed by atoms with van der Waals surface area (Å²) in [5.74, 6) is -1.57. The summed E-state index contributed by atoms with van der Waals surface area (Å²) in [6.45, 7) is 2.06. The highest BCUT2D eigenvalue weighted by Crippen LogP contribution is 2.34. The molecule has 1 aromatic heterocycles. The van der Waals surface area contributed by atoms with Crippen molar-refractivity contribution in [3.8, 4) is 0 Å². The van der Waals surface area contributed by atoms with Crippen molar-refractivity contribution in [3.63, 3.8) is 0 Å². The number of carboxylic acids is 1. The van der Waals surface area contributed by atoms with E-state index in [1.54, 1.807) is 0 Å². The number of carbonyl (C=O) groups excluding carboxylic acids is 1. The first-order valence-electron chi connectivity index (χ1n) is 8.20. The number of amides is 1. The quantitative estimate of drug-likeness (QED) is 0.785. The van der Waals surface area contributed by atoms with Crippen LogP contribution in [0.2, 0.25) is 0 Å². The molecule has 2 N–H and O–H groups in total. The van der Waals surface area contributed by atoms with Crippen molar-refractivity contribution < 1.29 is 27.5 Å². The van der Waals surface area contributed by atoms with Crippen molar-refractivity contribution in [2.75, 3.05) is 14.1 Å². The van der Waals surface area contributed by atoms with Gasteiger partial charge in [-0.1, -0.05) is 13.3 Å². The molecule has 1 aliphatic carbocycles. The molecule has 0 atom stereocenters. The Morgan fingerprint density at radius 1 is 1.32 bits per heavy atom. The molecule has 1 aromatic rings. The van der Waals surface area contributed by atoms with Gasteiger partial charge in [0.15, 0.2) is 5.76 Å². The van der Waals surface area contributed by atoms with E-state index in [-0.39, 0.29) is 10.9 Å². The number of aliphatic carboxylic acids is 1. The number of sulfonamides is 1. The molecule has 1 saturated carbocycles. The van der Waals surface area contributed by atoms with E-state index in [1.807, 2.05) is 0 Å². The van der Waals surface area contributed by atoms with E-state index in [0.717, 1.165) is 23.6 Å². The van der Waals surface area contributed by atoms with Gasteiger partial charge in [0.05, 0.1) is 0 Å². The molecule has 0 radical (unpaired) electrons. The number of carbonyl (C=O) groups is 2. The molecule has 1 heterocycles. The van der Waals surface area contributed by atoms with E-state index >= 15 is 0 Å². The first-order chi connectivity index (χ1) is 11.6. The van der Waals surface area contributed by atoms with Crippen LogP contribution in [-0.2, 0) is 14.8 Å². The molecule has 8 nitrogen and oxygen atoms in total. The van der Waals surface area contributed by atoms with Gasteiger partial charge >= 0.3 is 5.97 Å². The maximum atomic E-state index is 12.4. The van der Waals surface area contributed by atoms with Gasteiger partial charge in [-0.05, 0) is 43.7 Å². The van der Waals surface area contributed by atoms with Crippen LogP contribution in [0.5, 0.6) is 0 Å². The Morgan fingerprint density at radius 2 is 1.92 bits per heavy atom. The summed E-state index contributed by atoms with van der Waals surface area (Å²) < 4.78 is 30.1. The summed E-state index contributed by atoms with van der Waals surface area (Å²) in [5.41, 5.74) is -1.34. The fourth-order valence-corrected chi connectivity index (χ4v) is 3.81. The summed E-state index contributed by atoms with van der Waals surface area (Å²) in [6.07, 6.45) is 3.11. The molecule has 0 aromatic carbocycles. The fourth-order valence-electron chi connectivity index (χ4n) is 3.01. The molecule has 2 rings (SSSR count). The van der Waals surface area contributed by atoms with E-state index in [4.69, 9.17) is 4.42 Å². The van der Waals surface area contributed by atoms with Crippen LogP contribution in [0.1, 0.15) is 49.6 Å². The molecule has 25 heavy (non-hydrogen) atoms. The van der Waals surface area contributed by atoms with Crippen molar-refractivity contribution in [2.45, 2.75) is 49.7 Å².